The fraction of sp³-hybridized carbons (Fsp3) is 0.100. The van der Waals surface area contributed by atoms with Crippen LogP contribution in [-0.4, -0.2) is 13.1 Å². The summed E-state index contributed by atoms with van der Waals surface area (Å²) in [5, 5.41) is 0.732. The Morgan fingerprint density at radius 1 is 1.50 bits per heavy atom. The molecule has 0 aliphatic rings. The Hall–Kier alpha value is -1.42. The largest absolute Gasteiger partial charge is 0.465 e. The Balaban J connectivity index is 2.62. The fourth-order valence-corrected chi connectivity index (χ4v) is 2.21. The third-order valence-corrected chi connectivity index (χ3v) is 3.02. The first kappa shape index (κ1) is 9.15. The average Bonchev–Trinajstić information content (AvgIpc) is 2.62. The van der Waals surface area contributed by atoms with Gasteiger partial charge < -0.3 is 4.74 Å². The molecule has 14 heavy (non-hydrogen) atoms. The highest BCUT2D eigenvalue weighted by molar-refractivity contribution is 7.20. The van der Waals surface area contributed by atoms with Gasteiger partial charge in [-0.25, -0.2) is 9.18 Å². The first-order chi connectivity index (χ1) is 6.72. The van der Waals surface area contributed by atoms with Gasteiger partial charge in [0.2, 0.25) is 0 Å². The molecule has 4 heteroatoms. The second kappa shape index (κ2) is 3.38. The van der Waals surface area contributed by atoms with Gasteiger partial charge in [-0.3, -0.25) is 0 Å². The quantitative estimate of drug-likeness (QED) is 0.676. The van der Waals surface area contributed by atoms with Crippen molar-refractivity contribution in [1.29, 1.82) is 0 Å². The molecule has 1 heterocycles. The Labute approximate surface area is 83.9 Å². The van der Waals surface area contributed by atoms with Crippen LogP contribution in [-0.2, 0) is 4.74 Å². The highest BCUT2D eigenvalue weighted by Gasteiger charge is 2.11. The SMILES string of the molecule is COC(=O)c1cc2cccc(F)c2s1. The zero-order valence-electron chi connectivity index (χ0n) is 7.41. The second-order valence-electron chi connectivity index (χ2n) is 2.76. The van der Waals surface area contributed by atoms with E-state index in [4.69, 9.17) is 0 Å². The molecule has 0 spiro atoms. The number of carbonyl (C=O) groups excluding carboxylic acids is 1. The van der Waals surface area contributed by atoms with Gasteiger partial charge in [-0.05, 0) is 17.5 Å². The van der Waals surface area contributed by atoms with Gasteiger partial charge in [0.1, 0.15) is 10.7 Å². The van der Waals surface area contributed by atoms with E-state index < -0.39 is 5.97 Å². The highest BCUT2D eigenvalue weighted by Crippen LogP contribution is 2.28. The number of fused-ring (bicyclic) bond motifs is 1. The van der Waals surface area contributed by atoms with Gasteiger partial charge in [0.15, 0.2) is 0 Å². The molecule has 0 N–H and O–H groups in total. The van der Waals surface area contributed by atoms with E-state index in [9.17, 15) is 9.18 Å². The monoisotopic (exact) mass is 210 g/mol. The third-order valence-electron chi connectivity index (χ3n) is 1.88. The lowest BCUT2D eigenvalue weighted by molar-refractivity contribution is 0.0606. The van der Waals surface area contributed by atoms with Crippen LogP contribution in [0.5, 0.6) is 0 Å². The van der Waals surface area contributed by atoms with Crippen molar-refractivity contribution < 1.29 is 13.9 Å². The van der Waals surface area contributed by atoms with Crippen molar-refractivity contribution in [3.63, 3.8) is 0 Å². The van der Waals surface area contributed by atoms with E-state index in [1.165, 1.54) is 13.2 Å². The van der Waals surface area contributed by atoms with Gasteiger partial charge in [-0.2, -0.15) is 0 Å². The molecule has 0 aliphatic carbocycles. The standard InChI is InChI=1S/C10H7FO2S/c1-13-10(12)8-5-6-3-2-4-7(11)9(6)14-8/h2-5H,1H3. The summed E-state index contributed by atoms with van der Waals surface area (Å²) in [6.45, 7) is 0. The van der Waals surface area contributed by atoms with Crippen LogP contribution in [0.3, 0.4) is 0 Å². The maximum Gasteiger partial charge on any atom is 0.348 e. The summed E-state index contributed by atoms with van der Waals surface area (Å²) in [6, 6.07) is 6.39. The third kappa shape index (κ3) is 1.37. The summed E-state index contributed by atoms with van der Waals surface area (Å²) in [5.41, 5.74) is 0. The molecule has 0 amide bonds. The van der Waals surface area contributed by atoms with Crippen molar-refractivity contribution in [2.75, 3.05) is 7.11 Å². The predicted molar refractivity (Wildman–Crippen MR) is 53.1 cm³/mol. The number of thiophene rings is 1. The van der Waals surface area contributed by atoms with Crippen LogP contribution in [0, 0.1) is 5.82 Å². The van der Waals surface area contributed by atoms with Crippen LogP contribution < -0.4 is 0 Å². The zero-order valence-corrected chi connectivity index (χ0v) is 8.23. The number of carbonyl (C=O) groups is 1. The van der Waals surface area contributed by atoms with E-state index in [1.807, 2.05) is 0 Å². The van der Waals surface area contributed by atoms with Crippen LogP contribution >= 0.6 is 11.3 Å². The molecular weight excluding hydrogens is 203 g/mol. The number of benzene rings is 1. The average molecular weight is 210 g/mol. The molecule has 2 rings (SSSR count). The van der Waals surface area contributed by atoms with E-state index in [-0.39, 0.29) is 5.82 Å². The molecule has 2 aromatic rings. The van der Waals surface area contributed by atoms with E-state index in [0.29, 0.717) is 9.58 Å². The van der Waals surface area contributed by atoms with Gasteiger partial charge in [-0.15, -0.1) is 11.3 Å². The summed E-state index contributed by atoms with van der Waals surface area (Å²) in [6.07, 6.45) is 0. The minimum absolute atomic E-state index is 0.303. The van der Waals surface area contributed by atoms with Crippen LogP contribution in [0.25, 0.3) is 10.1 Å². The minimum Gasteiger partial charge on any atom is -0.465 e. The number of methoxy groups -OCH3 is 1. The van der Waals surface area contributed by atoms with E-state index in [2.05, 4.69) is 4.74 Å². The Bertz CT molecular complexity index is 490. The molecule has 0 radical (unpaired) electrons. The second-order valence-corrected chi connectivity index (χ2v) is 3.81. The topological polar surface area (TPSA) is 26.3 Å². The van der Waals surface area contributed by atoms with Crippen LogP contribution in [0.2, 0.25) is 0 Å². The molecule has 0 saturated carbocycles. The first-order valence-electron chi connectivity index (χ1n) is 3.99. The van der Waals surface area contributed by atoms with E-state index in [0.717, 1.165) is 16.7 Å². The summed E-state index contributed by atoms with van der Waals surface area (Å²) in [4.78, 5) is 11.6. The molecule has 72 valence electrons. The number of rotatable bonds is 1. The van der Waals surface area contributed by atoms with Gasteiger partial charge in [0, 0.05) is 0 Å². The van der Waals surface area contributed by atoms with Crippen molar-refractivity contribution in [1.82, 2.24) is 0 Å². The molecular formula is C10H7FO2S. The molecule has 0 saturated heterocycles. The van der Waals surface area contributed by atoms with Gasteiger partial charge in [0.25, 0.3) is 0 Å². The van der Waals surface area contributed by atoms with E-state index in [1.54, 1.807) is 18.2 Å². The van der Waals surface area contributed by atoms with Crippen molar-refractivity contribution in [3.8, 4) is 0 Å². The Morgan fingerprint density at radius 2 is 2.29 bits per heavy atom. The van der Waals surface area contributed by atoms with Crippen molar-refractivity contribution in [2.45, 2.75) is 0 Å². The van der Waals surface area contributed by atoms with Gasteiger partial charge >= 0.3 is 5.97 Å². The lowest BCUT2D eigenvalue weighted by Gasteiger charge is -1.90. The molecule has 2 nitrogen and oxygen atoms in total. The predicted octanol–water partition coefficient (Wildman–Crippen LogP) is 2.83. The summed E-state index contributed by atoms with van der Waals surface area (Å²) < 4.78 is 18.3. The molecule has 0 unspecified atom stereocenters. The lowest BCUT2D eigenvalue weighted by atomic mass is 10.2. The summed E-state index contributed by atoms with van der Waals surface area (Å²) >= 11 is 1.11. The minimum atomic E-state index is -0.425. The molecule has 1 aromatic carbocycles. The normalized spacial score (nSPS) is 10.4. The number of hydrogen-bond donors (Lipinski definition) is 0. The van der Waals surface area contributed by atoms with Crippen molar-refractivity contribution in [3.05, 3.63) is 35.0 Å². The van der Waals surface area contributed by atoms with Gasteiger partial charge in [-0.1, -0.05) is 12.1 Å². The molecule has 0 atom stereocenters. The highest BCUT2D eigenvalue weighted by atomic mass is 32.1. The first-order valence-corrected chi connectivity index (χ1v) is 4.80. The number of halogens is 1. The maximum absolute atomic E-state index is 13.2. The lowest BCUT2D eigenvalue weighted by Crippen LogP contribution is -1.96. The Morgan fingerprint density at radius 3 is 2.93 bits per heavy atom. The molecule has 0 aliphatic heterocycles. The number of hydrogen-bond acceptors (Lipinski definition) is 3. The van der Waals surface area contributed by atoms with Gasteiger partial charge in [0.05, 0.1) is 11.8 Å². The number of esters is 1. The molecule has 1 aromatic heterocycles. The van der Waals surface area contributed by atoms with Crippen molar-refractivity contribution >= 4 is 27.4 Å². The fourth-order valence-electron chi connectivity index (χ4n) is 1.23. The van der Waals surface area contributed by atoms with Crippen LogP contribution in [0.15, 0.2) is 24.3 Å². The smallest absolute Gasteiger partial charge is 0.348 e. The summed E-state index contributed by atoms with van der Waals surface area (Å²) in [7, 11) is 1.31. The van der Waals surface area contributed by atoms with Crippen LogP contribution in [0.1, 0.15) is 9.67 Å². The number of ether oxygens (including phenoxy) is 1. The summed E-state index contributed by atoms with van der Waals surface area (Å²) in [5.74, 6) is -0.728. The van der Waals surface area contributed by atoms with E-state index >= 15 is 0 Å². The van der Waals surface area contributed by atoms with Crippen molar-refractivity contribution in [2.24, 2.45) is 0 Å². The maximum atomic E-state index is 13.2. The molecule has 0 fully saturated rings. The zero-order chi connectivity index (χ0) is 10.1. The van der Waals surface area contributed by atoms with Crippen LogP contribution in [0.4, 0.5) is 4.39 Å². The molecule has 0 bridgehead atoms. The Kier molecular flexibility index (Phi) is 2.21.